The molecule has 68 heavy (non-hydrogen) atoms. The Morgan fingerprint density at radius 1 is 1.01 bits per heavy atom. The van der Waals surface area contributed by atoms with Gasteiger partial charge in [-0.15, -0.1) is 0 Å². The van der Waals surface area contributed by atoms with Crippen molar-refractivity contribution in [3.63, 3.8) is 0 Å². The van der Waals surface area contributed by atoms with Crippen molar-refractivity contribution >= 4 is 49.9 Å². The van der Waals surface area contributed by atoms with Crippen molar-refractivity contribution in [1.29, 1.82) is 0 Å². The number of pyridine rings is 1. The number of likely N-dealkylation sites (tertiary alicyclic amines) is 1. The number of hydrogen-bond acceptors (Lipinski definition) is 12. The number of halogens is 1. The molecule has 4 heterocycles. The van der Waals surface area contributed by atoms with Gasteiger partial charge in [-0.1, -0.05) is 44.5 Å². The Hall–Kier alpha value is -6.11. The highest BCUT2D eigenvalue weighted by molar-refractivity contribution is 7.90. The lowest BCUT2D eigenvalue weighted by Gasteiger charge is -2.57. The number of nitrogens with zero attached hydrogens (tertiary/aromatic N) is 4. The third kappa shape index (κ3) is 9.50. The van der Waals surface area contributed by atoms with Crippen molar-refractivity contribution in [2.45, 2.75) is 107 Å². The maximum Gasteiger partial charge on any atom is 0.293 e. The number of hydrogen-bond donors (Lipinski definition) is 5. The summed E-state index contributed by atoms with van der Waals surface area (Å²) in [5.41, 5.74) is 7.78. The molecule has 2 amide bonds. The van der Waals surface area contributed by atoms with Crippen LogP contribution in [0, 0.1) is 27.3 Å². The van der Waals surface area contributed by atoms with Crippen LogP contribution >= 0.6 is 0 Å². The average Bonchev–Trinajstić information content (AvgIpc) is 3.93. The second kappa shape index (κ2) is 18.4. The normalized spacial score (nSPS) is 22.9. The van der Waals surface area contributed by atoms with E-state index in [1.54, 1.807) is 19.1 Å². The van der Waals surface area contributed by atoms with Crippen molar-refractivity contribution in [3.05, 3.63) is 111 Å². The molecule has 6 N–H and O–H groups in total. The molecule has 2 aliphatic heterocycles. The molecule has 2 aliphatic carbocycles. The zero-order valence-corrected chi connectivity index (χ0v) is 39.4. The molecule has 16 nitrogen and oxygen atoms in total. The van der Waals surface area contributed by atoms with Gasteiger partial charge in [0.25, 0.3) is 27.5 Å². The van der Waals surface area contributed by atoms with Crippen LogP contribution in [0.1, 0.15) is 122 Å². The van der Waals surface area contributed by atoms with Crippen molar-refractivity contribution in [2.24, 2.45) is 17.1 Å². The second-order valence-electron chi connectivity index (χ2n) is 20.0. The van der Waals surface area contributed by atoms with Gasteiger partial charge in [-0.05, 0) is 123 Å². The fourth-order valence-electron chi connectivity index (χ4n) is 11.0. The third-order valence-corrected chi connectivity index (χ3v) is 16.3. The number of ether oxygens (including phenoxy) is 1. The first-order valence-electron chi connectivity index (χ1n) is 23.6. The van der Waals surface area contributed by atoms with Gasteiger partial charge in [-0.2, -0.15) is 0 Å². The average molecular weight is 951 g/mol. The van der Waals surface area contributed by atoms with Crippen LogP contribution in [0.4, 0.5) is 21.5 Å². The molecule has 2 aromatic heterocycles. The molecule has 2 saturated carbocycles. The summed E-state index contributed by atoms with van der Waals surface area (Å²) >= 11 is 0. The van der Waals surface area contributed by atoms with Crippen molar-refractivity contribution < 1.29 is 37.2 Å². The van der Waals surface area contributed by atoms with E-state index < -0.39 is 48.8 Å². The van der Waals surface area contributed by atoms with Crippen LogP contribution in [-0.4, -0.2) is 89.5 Å². The lowest BCUT2D eigenvalue weighted by atomic mass is 9.70. The Bertz CT molecular complexity index is 2860. The van der Waals surface area contributed by atoms with Crippen LogP contribution in [0.3, 0.4) is 0 Å². The molecule has 2 atom stereocenters. The summed E-state index contributed by atoms with van der Waals surface area (Å²) in [7, 11) is -4.71. The number of anilines is 2. The zero-order chi connectivity index (χ0) is 48.1. The molecule has 360 valence electrons. The number of nitro benzene ring substituents is 1. The highest BCUT2D eigenvalue weighted by atomic mass is 32.2. The zero-order valence-electron chi connectivity index (χ0n) is 38.6. The smallest absolute Gasteiger partial charge is 0.293 e. The number of aromatic nitrogens is 2. The molecule has 0 bridgehead atoms. The number of amides is 2. The second-order valence-corrected chi connectivity index (χ2v) is 21.7. The Labute approximate surface area is 395 Å². The first kappa shape index (κ1) is 47.0. The number of aromatic amines is 1. The van der Waals surface area contributed by atoms with E-state index in [1.165, 1.54) is 54.7 Å². The fraction of sp³-hybridized carbons (Fsp3) is 0.460. The Morgan fingerprint density at radius 2 is 1.75 bits per heavy atom. The Balaban J connectivity index is 0.939. The highest BCUT2D eigenvalue weighted by Gasteiger charge is 2.49. The quantitative estimate of drug-likeness (QED) is 0.0523. The molecule has 3 aromatic carbocycles. The number of nitrogens with two attached hydrogens (primary N) is 1. The van der Waals surface area contributed by atoms with Gasteiger partial charge < -0.3 is 30.8 Å². The largest absolute Gasteiger partial charge is 0.454 e. The van der Waals surface area contributed by atoms with Crippen LogP contribution < -0.4 is 25.4 Å². The van der Waals surface area contributed by atoms with Crippen LogP contribution in [0.15, 0.2) is 77.8 Å². The summed E-state index contributed by atoms with van der Waals surface area (Å²) in [6.07, 6.45) is 9.20. The predicted octanol–water partition coefficient (Wildman–Crippen LogP) is 8.34. The first-order chi connectivity index (χ1) is 32.4. The number of carbonyl (C=O) groups is 2. The summed E-state index contributed by atoms with van der Waals surface area (Å²) in [5.74, 6) is -2.06. The van der Waals surface area contributed by atoms with Gasteiger partial charge in [0.2, 0.25) is 0 Å². The first-order valence-corrected chi connectivity index (χ1v) is 25.1. The minimum atomic E-state index is -4.71. The van der Waals surface area contributed by atoms with Crippen LogP contribution in [0.5, 0.6) is 11.5 Å². The summed E-state index contributed by atoms with van der Waals surface area (Å²) in [5, 5.41) is 25.6. The van der Waals surface area contributed by atoms with Crippen molar-refractivity contribution in [2.75, 3.05) is 42.9 Å². The van der Waals surface area contributed by atoms with Gasteiger partial charge in [-0.25, -0.2) is 22.5 Å². The number of sulfonamides is 1. The fourth-order valence-corrected chi connectivity index (χ4v) is 12.0. The number of nitro groups is 1. The SMILES string of the molecule is CC(C)c1ccccc1[C@H]1CCC[C@H]1N1CC2(CCN(c3ccc(C(=O)NS(=O)(=O)c4ccc(NCC5CCC(C)(O)CC5)c([N+](=O)[O-])c4)c(Oc4cc5c(F)c[nH]c5nc4C(N)=O)c3)CC2)C1. The molecule has 18 heteroatoms. The van der Waals surface area contributed by atoms with Crippen LogP contribution in [0.2, 0.25) is 0 Å². The van der Waals surface area contributed by atoms with Gasteiger partial charge in [-0.3, -0.25) is 24.6 Å². The van der Waals surface area contributed by atoms with Gasteiger partial charge >= 0.3 is 0 Å². The molecule has 9 rings (SSSR count). The molecule has 5 aromatic rings. The van der Waals surface area contributed by atoms with E-state index in [9.17, 15) is 37.6 Å². The van der Waals surface area contributed by atoms with Crippen LogP contribution in [-0.2, 0) is 10.0 Å². The maximum atomic E-state index is 14.8. The van der Waals surface area contributed by atoms with E-state index in [-0.39, 0.29) is 50.8 Å². The number of nitrogens with one attached hydrogen (secondary N) is 3. The summed E-state index contributed by atoms with van der Waals surface area (Å²) in [4.78, 5) is 49.4. The Morgan fingerprint density at radius 3 is 2.46 bits per heavy atom. The lowest BCUT2D eigenvalue weighted by Crippen LogP contribution is -2.63. The standard InChI is InChI=1S/C50H59FN8O8S/c1-30(2)34-7-4-5-8-35(34)36-9-6-10-41(36)58-28-50(29-58)19-21-57(22-20-50)32-11-13-37(43(23-32)67-44-25-38-39(51)27-54-47(38)55-45(44)46(52)60)48(61)56-68(65,66)33-12-14-40(42(24-33)59(63)64)53-26-31-15-17-49(3,62)18-16-31/h4-5,7-8,11-14,23-25,27,30-31,36,41,53,62H,6,9-10,15-22,26,28-29H2,1-3H3,(H2,52,60)(H,54,55)(H,56,61)/t31?,36-,41-,49?/m1/s1. The van der Waals surface area contributed by atoms with E-state index in [2.05, 4.69) is 63.2 Å². The summed E-state index contributed by atoms with van der Waals surface area (Å²) in [6, 6.07) is 18.7. The summed E-state index contributed by atoms with van der Waals surface area (Å²) in [6.45, 7) is 10.2. The molecule has 4 fully saturated rings. The van der Waals surface area contributed by atoms with Gasteiger partial charge in [0.1, 0.15) is 22.9 Å². The molecule has 0 unspecified atom stereocenters. The number of piperidine rings is 1. The number of H-pyrrole nitrogens is 1. The molecular formula is C50H59FN8O8S. The summed E-state index contributed by atoms with van der Waals surface area (Å²) < 4.78 is 50.7. The Kier molecular flexibility index (Phi) is 12.7. The molecular weight excluding hydrogens is 892 g/mol. The monoisotopic (exact) mass is 950 g/mol. The molecule has 1 spiro atoms. The number of primary amides is 1. The van der Waals surface area contributed by atoms with E-state index >= 15 is 0 Å². The number of carbonyl (C=O) groups excluding carboxylic acids is 2. The minimum absolute atomic E-state index is 0.00919. The maximum absolute atomic E-state index is 14.8. The van der Waals surface area contributed by atoms with Crippen molar-refractivity contribution in [1.82, 2.24) is 19.6 Å². The molecule has 4 aliphatic rings. The number of rotatable bonds is 14. The third-order valence-electron chi connectivity index (χ3n) is 14.9. The van der Waals surface area contributed by atoms with E-state index in [4.69, 9.17) is 10.5 Å². The predicted molar refractivity (Wildman–Crippen MR) is 256 cm³/mol. The van der Waals surface area contributed by atoms with Crippen LogP contribution in [0.25, 0.3) is 11.0 Å². The number of aliphatic hydroxyl groups is 1. The van der Waals surface area contributed by atoms with E-state index in [0.717, 1.165) is 51.0 Å². The van der Waals surface area contributed by atoms with Gasteiger partial charge in [0.05, 0.1) is 26.4 Å². The van der Waals surface area contributed by atoms with E-state index in [0.29, 0.717) is 56.0 Å². The van der Waals surface area contributed by atoms with Gasteiger partial charge in [0, 0.05) is 62.8 Å². The van der Waals surface area contributed by atoms with Gasteiger partial charge in [0.15, 0.2) is 11.4 Å². The highest BCUT2D eigenvalue weighted by Crippen LogP contribution is 2.49. The molecule has 0 radical (unpaired) electrons. The number of benzene rings is 3. The minimum Gasteiger partial charge on any atom is -0.454 e. The number of fused-ring (bicyclic) bond motifs is 1. The topological polar surface area (TPSA) is 226 Å². The van der Waals surface area contributed by atoms with E-state index in [1.807, 2.05) is 4.72 Å². The molecule has 2 saturated heterocycles. The van der Waals surface area contributed by atoms with Crippen molar-refractivity contribution in [3.8, 4) is 11.5 Å². The lowest BCUT2D eigenvalue weighted by molar-refractivity contribution is -0.384.